The average molecular weight is 749 g/mol. The first kappa shape index (κ1) is 44.7. The Morgan fingerprint density at radius 1 is 0.500 bits per heavy atom. The molecule has 0 radical (unpaired) electrons. The molecule has 0 saturated carbocycles. The van der Waals surface area contributed by atoms with Crippen molar-refractivity contribution in [2.45, 2.75) is 49.9 Å². The highest BCUT2D eigenvalue weighted by Gasteiger charge is 2.15. The Morgan fingerprint density at radius 2 is 0.923 bits per heavy atom. The van der Waals surface area contributed by atoms with Gasteiger partial charge in [0, 0.05) is 11.4 Å². The summed E-state index contributed by atoms with van der Waals surface area (Å²) in [6, 6.07) is 20.6. The normalized spacial score (nSPS) is 12.5. The lowest BCUT2D eigenvalue weighted by atomic mass is 10.1. The number of rotatable bonds is 12. The first-order valence-corrected chi connectivity index (χ1v) is 15.7. The molecule has 0 aliphatic heterocycles. The van der Waals surface area contributed by atoms with E-state index in [0.717, 1.165) is 11.1 Å². The van der Waals surface area contributed by atoms with Gasteiger partial charge in [0.1, 0.15) is 41.6 Å². The molecule has 0 fully saturated rings. The van der Waals surface area contributed by atoms with Crippen molar-refractivity contribution in [2.24, 2.45) is 22.9 Å². The van der Waals surface area contributed by atoms with E-state index in [1.54, 1.807) is 42.5 Å². The Kier molecular flexibility index (Phi) is 20.0. The zero-order valence-electron chi connectivity index (χ0n) is 27.6. The highest BCUT2D eigenvalue weighted by Crippen LogP contribution is 2.12. The Balaban J connectivity index is 0.000000347. The molecule has 4 rings (SSSR count). The van der Waals surface area contributed by atoms with Crippen LogP contribution in [-0.2, 0) is 44.9 Å². The van der Waals surface area contributed by atoms with Crippen LogP contribution in [0.2, 0.25) is 5.02 Å². The van der Waals surface area contributed by atoms with Crippen molar-refractivity contribution in [3.63, 3.8) is 0 Å². The molecule has 0 aliphatic rings. The van der Waals surface area contributed by atoms with Gasteiger partial charge in [-0.2, -0.15) is 0 Å². The van der Waals surface area contributed by atoms with E-state index in [-0.39, 0.29) is 30.9 Å². The van der Waals surface area contributed by atoms with Crippen LogP contribution >= 0.6 is 11.6 Å². The third-order valence-electron chi connectivity index (χ3n) is 6.72. The third-order valence-corrected chi connectivity index (χ3v) is 6.96. The molecule has 280 valence electrons. The molecule has 12 nitrogen and oxygen atoms in total. The van der Waals surface area contributed by atoms with Gasteiger partial charge in [0.05, 0.1) is 0 Å². The molecule has 12 N–H and O–H groups in total. The Labute approximate surface area is 302 Å². The van der Waals surface area contributed by atoms with Gasteiger partial charge in [0.2, 0.25) is 0 Å². The molecule has 4 unspecified atom stereocenters. The molecule has 0 bridgehead atoms. The maximum atomic E-state index is 13.0. The maximum Gasteiger partial charge on any atom is 0.320 e. The number of carbonyl (C=O) groups is 4. The zero-order chi connectivity index (χ0) is 39.4. The fraction of sp³-hybridized carbons (Fsp3) is 0.222. The second-order valence-electron chi connectivity index (χ2n) is 11.1. The fourth-order valence-electron chi connectivity index (χ4n) is 3.96. The van der Waals surface area contributed by atoms with Crippen molar-refractivity contribution in [3.05, 3.63) is 142 Å². The summed E-state index contributed by atoms with van der Waals surface area (Å²) in [6.07, 6.45) is 0.681. The number of halogens is 4. The highest BCUT2D eigenvalue weighted by molar-refractivity contribution is 6.30. The van der Waals surface area contributed by atoms with E-state index in [4.69, 9.17) is 55.0 Å². The van der Waals surface area contributed by atoms with Crippen LogP contribution in [0.5, 0.6) is 0 Å². The number of hydrogen-bond acceptors (Lipinski definition) is 8. The third kappa shape index (κ3) is 18.6. The Hall–Kier alpha value is -5.32. The Bertz CT molecular complexity index is 1690. The van der Waals surface area contributed by atoms with Crippen LogP contribution in [0.1, 0.15) is 22.3 Å². The molecule has 0 aromatic heterocycles. The smallest absolute Gasteiger partial charge is 0.320 e. The molecule has 0 amide bonds. The van der Waals surface area contributed by atoms with E-state index in [1.165, 1.54) is 54.6 Å². The molecule has 16 heteroatoms. The van der Waals surface area contributed by atoms with Gasteiger partial charge in [-0.05, 0) is 84.0 Å². The summed E-state index contributed by atoms with van der Waals surface area (Å²) in [6.45, 7) is 0. The van der Waals surface area contributed by atoms with Crippen molar-refractivity contribution < 1.29 is 52.8 Å². The van der Waals surface area contributed by atoms with E-state index in [2.05, 4.69) is 0 Å². The van der Waals surface area contributed by atoms with E-state index >= 15 is 0 Å². The van der Waals surface area contributed by atoms with Gasteiger partial charge in [-0.15, -0.1) is 0 Å². The molecular formula is C36H40ClF3N4O8. The summed E-state index contributed by atoms with van der Waals surface area (Å²) in [7, 11) is 0. The highest BCUT2D eigenvalue weighted by atomic mass is 35.5. The molecule has 4 atom stereocenters. The minimum absolute atomic E-state index is 0.0159. The van der Waals surface area contributed by atoms with Crippen molar-refractivity contribution in [2.75, 3.05) is 0 Å². The minimum Gasteiger partial charge on any atom is -0.480 e. The minimum atomic E-state index is -1.12. The lowest BCUT2D eigenvalue weighted by Crippen LogP contribution is -2.32. The van der Waals surface area contributed by atoms with Crippen molar-refractivity contribution in [3.8, 4) is 0 Å². The molecular weight excluding hydrogens is 709 g/mol. The summed E-state index contributed by atoms with van der Waals surface area (Å²) in [5.74, 6) is -5.39. The summed E-state index contributed by atoms with van der Waals surface area (Å²) in [4.78, 5) is 41.5. The number of carboxylic acid groups (broad SMARTS) is 4. The molecule has 0 heterocycles. The van der Waals surface area contributed by atoms with Crippen LogP contribution in [-0.4, -0.2) is 68.5 Å². The van der Waals surface area contributed by atoms with Crippen LogP contribution in [0.25, 0.3) is 0 Å². The van der Waals surface area contributed by atoms with Crippen molar-refractivity contribution >= 4 is 35.5 Å². The standard InChI is InChI=1S/C9H10ClNO2.3C9H10FNO2/c10-7-3-1-2-6(4-7)5-8(11)9(12)13;10-7-3-1-6(2-4-7)5-8(11)9(12)13;10-7-3-1-2-6(4-7)5-8(11)9(12)13;10-7-4-2-1-3-6(7)5-8(11)9(12)13/h4*1-4,8H,5,11H2,(H,12,13). The van der Waals surface area contributed by atoms with E-state index in [9.17, 15) is 32.3 Å². The Morgan fingerprint density at radius 3 is 1.37 bits per heavy atom. The van der Waals surface area contributed by atoms with Crippen LogP contribution in [0.15, 0.2) is 97.1 Å². The lowest BCUT2D eigenvalue weighted by Gasteiger charge is -2.06. The maximum absolute atomic E-state index is 13.0. The van der Waals surface area contributed by atoms with Crippen LogP contribution in [0, 0.1) is 17.5 Å². The molecule has 0 spiro atoms. The molecule has 52 heavy (non-hydrogen) atoms. The lowest BCUT2D eigenvalue weighted by molar-refractivity contribution is -0.139. The zero-order valence-corrected chi connectivity index (χ0v) is 28.4. The quantitative estimate of drug-likeness (QED) is 0.103. The molecule has 4 aromatic rings. The van der Waals surface area contributed by atoms with Crippen LogP contribution in [0.3, 0.4) is 0 Å². The number of aliphatic carboxylic acids is 4. The predicted octanol–water partition coefficient (Wildman–Crippen LogP) is 3.63. The van der Waals surface area contributed by atoms with Gasteiger partial charge in [-0.3, -0.25) is 19.2 Å². The van der Waals surface area contributed by atoms with Crippen LogP contribution < -0.4 is 22.9 Å². The topological polar surface area (TPSA) is 253 Å². The van der Waals surface area contributed by atoms with Gasteiger partial charge >= 0.3 is 23.9 Å². The van der Waals surface area contributed by atoms with E-state index < -0.39 is 53.9 Å². The van der Waals surface area contributed by atoms with Gasteiger partial charge in [0.15, 0.2) is 0 Å². The summed E-state index contributed by atoms with van der Waals surface area (Å²) in [5, 5.41) is 34.6. The van der Waals surface area contributed by atoms with E-state index in [0.29, 0.717) is 22.6 Å². The summed E-state index contributed by atoms with van der Waals surface area (Å²) < 4.78 is 38.0. The fourth-order valence-corrected chi connectivity index (χ4v) is 4.17. The number of nitrogens with two attached hydrogens (primary N) is 4. The molecule has 4 aromatic carbocycles. The predicted molar refractivity (Wildman–Crippen MR) is 188 cm³/mol. The number of hydrogen-bond donors (Lipinski definition) is 8. The van der Waals surface area contributed by atoms with Crippen molar-refractivity contribution in [1.29, 1.82) is 0 Å². The first-order valence-electron chi connectivity index (χ1n) is 15.3. The average Bonchev–Trinajstić information content (AvgIpc) is 3.07. The second-order valence-corrected chi connectivity index (χ2v) is 11.5. The van der Waals surface area contributed by atoms with Gasteiger partial charge < -0.3 is 43.4 Å². The van der Waals surface area contributed by atoms with Gasteiger partial charge in [-0.25, -0.2) is 13.2 Å². The molecule has 0 saturated heterocycles. The van der Waals surface area contributed by atoms with E-state index in [1.807, 2.05) is 0 Å². The summed E-state index contributed by atoms with van der Waals surface area (Å²) >= 11 is 5.72. The first-order chi connectivity index (χ1) is 24.4. The monoisotopic (exact) mass is 748 g/mol. The van der Waals surface area contributed by atoms with Crippen molar-refractivity contribution in [1.82, 2.24) is 0 Å². The SMILES string of the molecule is NC(Cc1ccc(F)cc1)C(=O)O.NC(Cc1cccc(Cl)c1)C(=O)O.NC(Cc1cccc(F)c1)C(=O)O.NC(Cc1ccccc1F)C(=O)O. The second kappa shape index (κ2) is 23.2. The van der Waals surface area contributed by atoms with Gasteiger partial charge in [0.25, 0.3) is 0 Å². The number of benzene rings is 4. The molecule has 0 aliphatic carbocycles. The van der Waals surface area contributed by atoms with Crippen LogP contribution in [0.4, 0.5) is 13.2 Å². The summed E-state index contributed by atoms with van der Waals surface area (Å²) in [5.41, 5.74) is 23.7. The largest absolute Gasteiger partial charge is 0.480 e. The number of carboxylic acids is 4. The van der Waals surface area contributed by atoms with Gasteiger partial charge in [-0.1, -0.05) is 66.2 Å².